The van der Waals surface area contributed by atoms with Gasteiger partial charge >= 0.3 is 0 Å². The molecule has 3 nitrogen and oxygen atoms in total. The molecule has 1 fully saturated rings. The summed E-state index contributed by atoms with van der Waals surface area (Å²) in [6.45, 7) is 3.79. The Balaban J connectivity index is 1.85. The summed E-state index contributed by atoms with van der Waals surface area (Å²) in [7, 11) is 0. The number of aryl methyl sites for hydroxylation is 1. The van der Waals surface area contributed by atoms with Gasteiger partial charge in [0, 0.05) is 5.92 Å². The summed E-state index contributed by atoms with van der Waals surface area (Å²) in [5.74, 6) is -1.59. The van der Waals surface area contributed by atoms with Gasteiger partial charge in [0.15, 0.2) is 0 Å². The van der Waals surface area contributed by atoms with Crippen molar-refractivity contribution in [1.82, 2.24) is 0 Å². The number of rotatable bonds is 3. The highest BCUT2D eigenvalue weighted by molar-refractivity contribution is 6.21. The fourth-order valence-corrected chi connectivity index (χ4v) is 2.95. The molecule has 0 saturated carbocycles. The summed E-state index contributed by atoms with van der Waals surface area (Å²) < 4.78 is 13.1. The minimum atomic E-state index is -0.392. The summed E-state index contributed by atoms with van der Waals surface area (Å²) in [6.07, 6.45) is 0.531. The van der Waals surface area contributed by atoms with E-state index in [9.17, 15) is 14.0 Å². The van der Waals surface area contributed by atoms with Gasteiger partial charge in [-0.1, -0.05) is 36.8 Å². The van der Waals surface area contributed by atoms with E-state index < -0.39 is 5.82 Å². The Labute approximate surface area is 134 Å². The van der Waals surface area contributed by atoms with Gasteiger partial charge in [0.05, 0.1) is 11.6 Å². The normalized spacial score (nSPS) is 21.1. The number of nitrogens with zero attached hydrogens (tertiary/aromatic N) is 1. The van der Waals surface area contributed by atoms with Crippen LogP contribution in [0.2, 0.25) is 0 Å². The number of hydrogen-bond acceptors (Lipinski definition) is 2. The van der Waals surface area contributed by atoms with Crippen LogP contribution in [0.15, 0.2) is 48.5 Å². The second-order valence-electron chi connectivity index (χ2n) is 6.07. The number of benzene rings is 2. The van der Waals surface area contributed by atoms with E-state index in [1.165, 1.54) is 29.2 Å². The quantitative estimate of drug-likeness (QED) is 0.814. The number of carbonyl (C=O) groups excluding carboxylic acids is 2. The van der Waals surface area contributed by atoms with Crippen LogP contribution in [0.1, 0.15) is 18.1 Å². The van der Waals surface area contributed by atoms with Crippen molar-refractivity contribution in [3.8, 4) is 0 Å². The zero-order valence-electron chi connectivity index (χ0n) is 13.1. The number of halogens is 1. The third kappa shape index (κ3) is 2.89. The standard InChI is InChI=1S/C19H18FNO2/c1-12-3-5-14(6-4-12)11-17-13(2)18(22)21(19(17)23)16-9-7-15(20)8-10-16/h3-10,13,17H,11H2,1-2H3/t13-,17-/m1/s1. The number of hydrogen-bond donors (Lipinski definition) is 0. The molecule has 0 unspecified atom stereocenters. The summed E-state index contributed by atoms with van der Waals surface area (Å²) in [4.78, 5) is 26.3. The van der Waals surface area contributed by atoms with E-state index in [1.807, 2.05) is 31.2 Å². The molecule has 2 amide bonds. The van der Waals surface area contributed by atoms with Gasteiger partial charge < -0.3 is 0 Å². The molecule has 1 aliphatic rings. The molecule has 0 bridgehead atoms. The van der Waals surface area contributed by atoms with Crippen LogP contribution in [-0.4, -0.2) is 11.8 Å². The van der Waals surface area contributed by atoms with Gasteiger partial charge in [0.1, 0.15) is 5.82 Å². The van der Waals surface area contributed by atoms with Crippen molar-refractivity contribution in [1.29, 1.82) is 0 Å². The van der Waals surface area contributed by atoms with E-state index in [4.69, 9.17) is 0 Å². The summed E-state index contributed by atoms with van der Waals surface area (Å²) >= 11 is 0. The first-order chi connectivity index (χ1) is 11.0. The largest absolute Gasteiger partial charge is 0.274 e. The van der Waals surface area contributed by atoms with Crippen LogP contribution in [0.25, 0.3) is 0 Å². The van der Waals surface area contributed by atoms with Gasteiger partial charge in [-0.15, -0.1) is 0 Å². The van der Waals surface area contributed by atoms with E-state index >= 15 is 0 Å². The predicted octanol–water partition coefficient (Wildman–Crippen LogP) is 3.50. The Bertz CT molecular complexity index is 737. The fraction of sp³-hybridized carbons (Fsp3) is 0.263. The Hall–Kier alpha value is -2.49. The monoisotopic (exact) mass is 311 g/mol. The van der Waals surface area contributed by atoms with Crippen LogP contribution in [-0.2, 0) is 16.0 Å². The second-order valence-corrected chi connectivity index (χ2v) is 6.07. The van der Waals surface area contributed by atoms with Gasteiger partial charge in [0.25, 0.3) is 0 Å². The molecule has 1 heterocycles. The third-order valence-electron chi connectivity index (χ3n) is 4.41. The molecule has 0 radical (unpaired) electrons. The van der Waals surface area contributed by atoms with Crippen LogP contribution in [0.5, 0.6) is 0 Å². The molecule has 0 aliphatic carbocycles. The van der Waals surface area contributed by atoms with Crippen molar-refractivity contribution in [2.45, 2.75) is 20.3 Å². The molecule has 1 saturated heterocycles. The maximum Gasteiger partial charge on any atom is 0.238 e. The number of amides is 2. The molecular formula is C19H18FNO2. The Kier molecular flexibility index (Phi) is 3.99. The predicted molar refractivity (Wildman–Crippen MR) is 86.4 cm³/mol. The molecule has 0 spiro atoms. The molecule has 118 valence electrons. The summed E-state index contributed by atoms with van der Waals surface area (Å²) in [5, 5.41) is 0. The zero-order chi connectivity index (χ0) is 16.6. The molecule has 2 atom stereocenters. The smallest absolute Gasteiger partial charge is 0.238 e. The van der Waals surface area contributed by atoms with Crippen molar-refractivity contribution < 1.29 is 14.0 Å². The molecule has 23 heavy (non-hydrogen) atoms. The minimum absolute atomic E-state index is 0.213. The first-order valence-electron chi connectivity index (χ1n) is 7.66. The van der Waals surface area contributed by atoms with E-state index in [0.29, 0.717) is 12.1 Å². The van der Waals surface area contributed by atoms with E-state index in [2.05, 4.69) is 0 Å². The van der Waals surface area contributed by atoms with Crippen molar-refractivity contribution >= 4 is 17.5 Å². The van der Waals surface area contributed by atoms with Gasteiger partial charge in [-0.05, 0) is 43.2 Å². The third-order valence-corrected chi connectivity index (χ3v) is 4.41. The Morgan fingerprint density at radius 1 is 0.957 bits per heavy atom. The number of carbonyl (C=O) groups is 2. The minimum Gasteiger partial charge on any atom is -0.274 e. The van der Waals surface area contributed by atoms with E-state index in [1.54, 1.807) is 6.92 Å². The number of anilines is 1. The Morgan fingerprint density at radius 3 is 2.17 bits per heavy atom. The summed E-state index contributed by atoms with van der Waals surface area (Å²) in [6, 6.07) is 13.4. The highest BCUT2D eigenvalue weighted by Crippen LogP contribution is 2.33. The maximum absolute atomic E-state index is 13.1. The number of imide groups is 1. The van der Waals surface area contributed by atoms with E-state index in [0.717, 1.165) is 11.1 Å². The first-order valence-corrected chi connectivity index (χ1v) is 7.66. The fourth-order valence-electron chi connectivity index (χ4n) is 2.95. The molecule has 0 aromatic heterocycles. The average molecular weight is 311 g/mol. The van der Waals surface area contributed by atoms with Gasteiger partial charge in [0.2, 0.25) is 11.8 Å². The van der Waals surface area contributed by atoms with Gasteiger partial charge in [-0.3, -0.25) is 14.5 Å². The van der Waals surface area contributed by atoms with Crippen LogP contribution in [0.4, 0.5) is 10.1 Å². The molecule has 0 N–H and O–H groups in total. The SMILES string of the molecule is Cc1ccc(C[C@H]2C(=O)N(c3ccc(F)cc3)C(=O)[C@@H]2C)cc1. The van der Waals surface area contributed by atoms with Crippen molar-refractivity contribution in [2.24, 2.45) is 11.8 Å². The zero-order valence-corrected chi connectivity index (χ0v) is 13.1. The lowest BCUT2D eigenvalue weighted by Crippen LogP contribution is -2.31. The van der Waals surface area contributed by atoms with Crippen molar-refractivity contribution in [2.75, 3.05) is 4.90 Å². The van der Waals surface area contributed by atoms with Gasteiger partial charge in [-0.2, -0.15) is 0 Å². The molecular weight excluding hydrogens is 293 g/mol. The topological polar surface area (TPSA) is 37.4 Å². The molecule has 2 aromatic carbocycles. The van der Waals surface area contributed by atoms with Crippen LogP contribution < -0.4 is 4.90 Å². The molecule has 4 heteroatoms. The summed E-state index contributed by atoms with van der Waals surface area (Å²) in [5.41, 5.74) is 2.62. The lowest BCUT2D eigenvalue weighted by Gasteiger charge is -2.15. The second kappa shape index (κ2) is 5.95. The maximum atomic E-state index is 13.1. The lowest BCUT2D eigenvalue weighted by molar-refractivity contribution is -0.122. The van der Waals surface area contributed by atoms with Crippen LogP contribution in [0.3, 0.4) is 0 Å². The van der Waals surface area contributed by atoms with Crippen molar-refractivity contribution in [3.05, 3.63) is 65.5 Å². The first kappa shape index (κ1) is 15.4. The highest BCUT2D eigenvalue weighted by Gasteiger charge is 2.45. The molecule has 2 aromatic rings. The van der Waals surface area contributed by atoms with E-state index in [-0.39, 0.29) is 23.7 Å². The van der Waals surface area contributed by atoms with Gasteiger partial charge in [-0.25, -0.2) is 4.39 Å². The van der Waals surface area contributed by atoms with Crippen LogP contribution >= 0.6 is 0 Å². The van der Waals surface area contributed by atoms with Crippen LogP contribution in [0, 0.1) is 24.6 Å². The average Bonchev–Trinajstić information content (AvgIpc) is 2.74. The molecule has 3 rings (SSSR count). The Morgan fingerprint density at radius 2 is 1.57 bits per heavy atom. The highest BCUT2D eigenvalue weighted by atomic mass is 19.1. The molecule has 1 aliphatic heterocycles. The van der Waals surface area contributed by atoms with Crippen molar-refractivity contribution in [3.63, 3.8) is 0 Å². The lowest BCUT2D eigenvalue weighted by atomic mass is 9.90.